The van der Waals surface area contributed by atoms with Crippen molar-refractivity contribution in [2.24, 2.45) is 16.8 Å². The second kappa shape index (κ2) is 3.95. The van der Waals surface area contributed by atoms with E-state index in [2.05, 4.69) is 27.7 Å². The Balaban J connectivity index is 2.35. The first kappa shape index (κ1) is 12.8. The Morgan fingerprint density at radius 3 is 2.47 bits per heavy atom. The fourth-order valence-electron chi connectivity index (χ4n) is 3.09. The molecule has 1 saturated heterocycles. The zero-order valence-corrected chi connectivity index (χ0v) is 11.6. The average Bonchev–Trinajstić information content (AvgIpc) is 2.38. The third kappa shape index (κ3) is 1.61. The SMILES string of the molecule is CO[C@@]12OC(C)=N[C@@]1(CC(C)C)[C@@H](C(C)C)O2. The van der Waals surface area contributed by atoms with Gasteiger partial charge in [-0.05, 0) is 18.3 Å². The van der Waals surface area contributed by atoms with Crippen molar-refractivity contribution < 1.29 is 14.2 Å². The molecule has 2 rings (SSSR count). The number of ether oxygens (including phenoxy) is 3. The van der Waals surface area contributed by atoms with Gasteiger partial charge in [0.05, 0.1) is 0 Å². The van der Waals surface area contributed by atoms with E-state index in [-0.39, 0.29) is 11.6 Å². The van der Waals surface area contributed by atoms with Crippen molar-refractivity contribution in [2.45, 2.75) is 58.7 Å². The van der Waals surface area contributed by atoms with E-state index in [0.717, 1.165) is 6.42 Å². The van der Waals surface area contributed by atoms with E-state index in [1.807, 2.05) is 6.92 Å². The van der Waals surface area contributed by atoms with Crippen LogP contribution >= 0.6 is 0 Å². The highest BCUT2D eigenvalue weighted by Crippen LogP contribution is 2.56. The fraction of sp³-hybridized carbons (Fsp3) is 0.923. The number of hydrogen-bond acceptors (Lipinski definition) is 4. The van der Waals surface area contributed by atoms with E-state index >= 15 is 0 Å². The Labute approximate surface area is 103 Å². The molecule has 0 aromatic heterocycles. The van der Waals surface area contributed by atoms with E-state index in [9.17, 15) is 0 Å². The second-order valence-electron chi connectivity index (χ2n) is 5.80. The molecule has 0 unspecified atom stereocenters. The first-order valence-corrected chi connectivity index (χ1v) is 6.35. The predicted molar refractivity (Wildman–Crippen MR) is 65.8 cm³/mol. The van der Waals surface area contributed by atoms with Crippen LogP contribution in [-0.2, 0) is 14.2 Å². The maximum Gasteiger partial charge on any atom is 0.357 e. The van der Waals surface area contributed by atoms with Crippen molar-refractivity contribution >= 4 is 5.90 Å². The highest BCUT2D eigenvalue weighted by molar-refractivity contribution is 5.77. The quantitative estimate of drug-likeness (QED) is 0.759. The van der Waals surface area contributed by atoms with Gasteiger partial charge in [-0.1, -0.05) is 27.7 Å². The molecule has 0 spiro atoms. The molecule has 0 N–H and O–H groups in total. The lowest BCUT2D eigenvalue weighted by molar-refractivity contribution is -0.468. The van der Waals surface area contributed by atoms with Crippen LogP contribution in [0.2, 0.25) is 0 Å². The first-order chi connectivity index (χ1) is 7.87. The third-order valence-electron chi connectivity index (χ3n) is 3.52. The van der Waals surface area contributed by atoms with E-state index in [1.165, 1.54) is 0 Å². The van der Waals surface area contributed by atoms with E-state index in [1.54, 1.807) is 7.11 Å². The lowest BCUT2D eigenvalue weighted by atomic mass is 9.73. The smallest absolute Gasteiger partial charge is 0.357 e. The lowest BCUT2D eigenvalue weighted by Crippen LogP contribution is -2.74. The van der Waals surface area contributed by atoms with Gasteiger partial charge in [0.2, 0.25) is 0 Å². The lowest BCUT2D eigenvalue weighted by Gasteiger charge is -2.56. The molecule has 0 amide bonds. The zero-order chi connectivity index (χ0) is 12.8. The van der Waals surface area contributed by atoms with Gasteiger partial charge >= 0.3 is 5.97 Å². The molecular formula is C13H23NO3. The summed E-state index contributed by atoms with van der Waals surface area (Å²) in [6.45, 7) is 10.5. The van der Waals surface area contributed by atoms with Crippen LogP contribution in [0.5, 0.6) is 0 Å². The van der Waals surface area contributed by atoms with Gasteiger partial charge in [0.15, 0.2) is 11.4 Å². The minimum atomic E-state index is -0.976. The zero-order valence-electron chi connectivity index (χ0n) is 11.6. The first-order valence-electron chi connectivity index (χ1n) is 6.35. The van der Waals surface area contributed by atoms with Crippen LogP contribution in [0, 0.1) is 11.8 Å². The molecule has 0 aromatic carbocycles. The summed E-state index contributed by atoms with van der Waals surface area (Å²) in [6.07, 6.45) is 0.989. The predicted octanol–water partition coefficient (Wildman–Crippen LogP) is 2.57. The monoisotopic (exact) mass is 241 g/mol. The highest BCUT2D eigenvalue weighted by Gasteiger charge is 2.75. The molecule has 0 radical (unpaired) electrons. The topological polar surface area (TPSA) is 40.0 Å². The molecule has 2 aliphatic heterocycles. The Kier molecular flexibility index (Phi) is 2.99. The molecule has 1 fully saturated rings. The molecular weight excluding hydrogens is 218 g/mol. The van der Waals surface area contributed by atoms with Crippen LogP contribution in [-0.4, -0.2) is 30.6 Å². The Bertz CT molecular complexity index is 340. The van der Waals surface area contributed by atoms with Gasteiger partial charge in [0.25, 0.3) is 0 Å². The van der Waals surface area contributed by atoms with Crippen LogP contribution in [0.4, 0.5) is 0 Å². The Morgan fingerprint density at radius 2 is 2.00 bits per heavy atom. The van der Waals surface area contributed by atoms with Crippen molar-refractivity contribution in [3.63, 3.8) is 0 Å². The minimum Gasteiger partial charge on any atom is -0.424 e. The summed E-state index contributed by atoms with van der Waals surface area (Å²) >= 11 is 0. The summed E-state index contributed by atoms with van der Waals surface area (Å²) in [7, 11) is 1.62. The van der Waals surface area contributed by atoms with Crippen molar-refractivity contribution in [1.29, 1.82) is 0 Å². The number of nitrogens with zero attached hydrogens (tertiary/aromatic N) is 1. The van der Waals surface area contributed by atoms with Gasteiger partial charge in [-0.15, -0.1) is 0 Å². The van der Waals surface area contributed by atoms with Gasteiger partial charge < -0.3 is 14.2 Å². The van der Waals surface area contributed by atoms with Gasteiger partial charge in [0.1, 0.15) is 6.10 Å². The van der Waals surface area contributed by atoms with Crippen LogP contribution in [0.25, 0.3) is 0 Å². The number of hydrogen-bond donors (Lipinski definition) is 0. The highest BCUT2D eigenvalue weighted by atomic mass is 16.9. The van der Waals surface area contributed by atoms with Crippen LogP contribution in [0.3, 0.4) is 0 Å². The summed E-state index contributed by atoms with van der Waals surface area (Å²) in [4.78, 5) is 4.72. The summed E-state index contributed by atoms with van der Waals surface area (Å²) in [5, 5.41) is 0. The van der Waals surface area contributed by atoms with Crippen LogP contribution < -0.4 is 0 Å². The van der Waals surface area contributed by atoms with Gasteiger partial charge in [-0.25, -0.2) is 4.99 Å². The molecule has 0 aromatic rings. The van der Waals surface area contributed by atoms with Gasteiger partial charge in [-0.2, -0.15) is 0 Å². The molecule has 4 nitrogen and oxygen atoms in total. The fourth-order valence-corrected chi connectivity index (χ4v) is 3.09. The molecule has 3 atom stereocenters. The summed E-state index contributed by atoms with van der Waals surface area (Å²) in [6, 6.07) is 0. The second-order valence-corrected chi connectivity index (χ2v) is 5.80. The average molecular weight is 241 g/mol. The Morgan fingerprint density at radius 1 is 1.35 bits per heavy atom. The molecule has 0 bridgehead atoms. The van der Waals surface area contributed by atoms with E-state index < -0.39 is 5.97 Å². The molecule has 0 aliphatic carbocycles. The molecule has 2 aliphatic rings. The summed E-state index contributed by atoms with van der Waals surface area (Å²) in [5.41, 5.74) is -0.367. The molecule has 0 saturated carbocycles. The number of methoxy groups -OCH3 is 1. The summed E-state index contributed by atoms with van der Waals surface area (Å²) in [5.74, 6) is 0.606. The number of rotatable bonds is 4. The van der Waals surface area contributed by atoms with E-state index in [0.29, 0.717) is 17.7 Å². The van der Waals surface area contributed by atoms with Gasteiger partial charge in [-0.3, -0.25) is 0 Å². The maximum absolute atomic E-state index is 5.88. The summed E-state index contributed by atoms with van der Waals surface area (Å²) < 4.78 is 17.1. The molecule has 2 heterocycles. The standard InChI is InChI=1S/C13H23NO3/c1-8(2)7-12-11(9(3)4)17-13(12,15-6)16-10(5)14-12/h8-9,11H,7H2,1-6H3/t11-,12+,13-/m1/s1. The largest absolute Gasteiger partial charge is 0.424 e. The molecule has 4 heteroatoms. The van der Waals surface area contributed by atoms with Gasteiger partial charge in [0, 0.05) is 14.0 Å². The minimum absolute atomic E-state index is 0.0716. The number of aliphatic imine (C=N–C) groups is 1. The molecule has 98 valence electrons. The Hall–Kier alpha value is -0.610. The number of fused-ring (bicyclic) bond motifs is 1. The maximum atomic E-state index is 5.88. The van der Waals surface area contributed by atoms with E-state index in [4.69, 9.17) is 19.2 Å². The normalized spacial score (nSPS) is 40.0. The van der Waals surface area contributed by atoms with Crippen molar-refractivity contribution in [2.75, 3.05) is 7.11 Å². The van der Waals surface area contributed by atoms with Crippen molar-refractivity contribution in [3.8, 4) is 0 Å². The van der Waals surface area contributed by atoms with Crippen LogP contribution in [0.1, 0.15) is 41.0 Å². The third-order valence-corrected chi connectivity index (χ3v) is 3.52. The molecule has 17 heavy (non-hydrogen) atoms. The van der Waals surface area contributed by atoms with Crippen molar-refractivity contribution in [3.05, 3.63) is 0 Å². The van der Waals surface area contributed by atoms with Crippen LogP contribution in [0.15, 0.2) is 4.99 Å². The van der Waals surface area contributed by atoms with Crippen molar-refractivity contribution in [1.82, 2.24) is 0 Å².